The van der Waals surface area contributed by atoms with Crippen molar-refractivity contribution < 1.29 is 0 Å². The SMILES string of the molecule is C#Cc1cccc2c1ccn2CC(C)C. The Kier molecular flexibility index (Phi) is 2.51. The van der Waals surface area contributed by atoms with Gasteiger partial charge in [0.15, 0.2) is 0 Å². The summed E-state index contributed by atoms with van der Waals surface area (Å²) in [4.78, 5) is 0. The highest BCUT2D eigenvalue weighted by atomic mass is 15.0. The minimum Gasteiger partial charge on any atom is -0.347 e. The van der Waals surface area contributed by atoms with E-state index in [4.69, 9.17) is 6.42 Å². The summed E-state index contributed by atoms with van der Waals surface area (Å²) in [6.45, 7) is 5.48. The third-order valence-electron chi connectivity index (χ3n) is 2.53. The number of aromatic nitrogens is 1. The fourth-order valence-electron chi connectivity index (χ4n) is 1.90. The zero-order chi connectivity index (χ0) is 10.8. The summed E-state index contributed by atoms with van der Waals surface area (Å²) >= 11 is 0. The average molecular weight is 197 g/mol. The van der Waals surface area contributed by atoms with Crippen LogP contribution in [0.2, 0.25) is 0 Å². The van der Waals surface area contributed by atoms with Crippen LogP contribution in [-0.2, 0) is 6.54 Å². The van der Waals surface area contributed by atoms with Gasteiger partial charge in [-0.05, 0) is 24.1 Å². The Balaban J connectivity index is 2.57. The number of terminal acetylenes is 1. The van der Waals surface area contributed by atoms with Crippen LogP contribution in [0, 0.1) is 18.3 Å². The molecule has 0 saturated heterocycles. The highest BCUT2D eigenvalue weighted by molar-refractivity contribution is 5.86. The minimum atomic E-state index is 0.648. The highest BCUT2D eigenvalue weighted by Gasteiger charge is 2.04. The molecule has 76 valence electrons. The molecule has 0 amide bonds. The Morgan fingerprint density at radius 3 is 2.80 bits per heavy atom. The third-order valence-corrected chi connectivity index (χ3v) is 2.53. The van der Waals surface area contributed by atoms with Crippen molar-refractivity contribution in [3.8, 4) is 12.3 Å². The zero-order valence-electron chi connectivity index (χ0n) is 9.20. The molecule has 0 bridgehead atoms. The van der Waals surface area contributed by atoms with E-state index in [1.807, 2.05) is 12.1 Å². The van der Waals surface area contributed by atoms with Gasteiger partial charge in [-0.25, -0.2) is 0 Å². The van der Waals surface area contributed by atoms with E-state index in [1.165, 1.54) is 10.9 Å². The first kappa shape index (κ1) is 9.86. The Morgan fingerprint density at radius 1 is 1.33 bits per heavy atom. The summed E-state index contributed by atoms with van der Waals surface area (Å²) in [7, 11) is 0. The lowest BCUT2D eigenvalue weighted by atomic mass is 10.1. The van der Waals surface area contributed by atoms with Crippen LogP contribution in [0.4, 0.5) is 0 Å². The van der Waals surface area contributed by atoms with Crippen molar-refractivity contribution >= 4 is 10.9 Å². The minimum absolute atomic E-state index is 0.648. The van der Waals surface area contributed by atoms with E-state index in [-0.39, 0.29) is 0 Å². The standard InChI is InChI=1S/C14H15N/c1-4-12-6-5-7-14-13(12)8-9-15(14)10-11(2)3/h1,5-9,11H,10H2,2-3H3. The van der Waals surface area contributed by atoms with Gasteiger partial charge < -0.3 is 4.57 Å². The number of hydrogen-bond donors (Lipinski definition) is 0. The van der Waals surface area contributed by atoms with Gasteiger partial charge in [0.05, 0.1) is 0 Å². The van der Waals surface area contributed by atoms with Crippen LogP contribution in [0.15, 0.2) is 30.5 Å². The van der Waals surface area contributed by atoms with Gasteiger partial charge in [0, 0.05) is 29.2 Å². The molecule has 0 aliphatic carbocycles. The Bertz CT molecular complexity index is 512. The molecule has 2 rings (SSSR count). The fourth-order valence-corrected chi connectivity index (χ4v) is 1.90. The smallest absolute Gasteiger partial charge is 0.0493 e. The molecule has 0 aliphatic heterocycles. The van der Waals surface area contributed by atoms with E-state index in [0.717, 1.165) is 12.1 Å². The maximum Gasteiger partial charge on any atom is 0.0493 e. The Hall–Kier alpha value is -1.68. The van der Waals surface area contributed by atoms with E-state index in [2.05, 4.69) is 42.7 Å². The van der Waals surface area contributed by atoms with Crippen LogP contribution in [0.3, 0.4) is 0 Å². The average Bonchev–Trinajstić information content (AvgIpc) is 2.61. The molecule has 0 saturated carbocycles. The van der Waals surface area contributed by atoms with Crippen LogP contribution in [0.5, 0.6) is 0 Å². The van der Waals surface area contributed by atoms with E-state index in [0.29, 0.717) is 5.92 Å². The van der Waals surface area contributed by atoms with Crippen molar-refractivity contribution in [3.63, 3.8) is 0 Å². The number of fused-ring (bicyclic) bond motifs is 1. The molecule has 0 unspecified atom stereocenters. The van der Waals surface area contributed by atoms with Gasteiger partial charge in [0.1, 0.15) is 0 Å². The van der Waals surface area contributed by atoms with Gasteiger partial charge >= 0.3 is 0 Å². The van der Waals surface area contributed by atoms with Crippen LogP contribution < -0.4 is 0 Å². The summed E-state index contributed by atoms with van der Waals surface area (Å²) < 4.78 is 2.26. The Morgan fingerprint density at radius 2 is 2.13 bits per heavy atom. The number of hydrogen-bond acceptors (Lipinski definition) is 0. The molecule has 0 radical (unpaired) electrons. The van der Waals surface area contributed by atoms with Crippen molar-refractivity contribution in [2.24, 2.45) is 5.92 Å². The summed E-state index contributed by atoms with van der Waals surface area (Å²) in [5.41, 5.74) is 2.22. The molecule has 0 N–H and O–H groups in total. The topological polar surface area (TPSA) is 4.93 Å². The number of nitrogens with zero attached hydrogens (tertiary/aromatic N) is 1. The number of rotatable bonds is 2. The molecule has 2 aromatic rings. The molecule has 1 heterocycles. The number of benzene rings is 1. The largest absolute Gasteiger partial charge is 0.347 e. The molecule has 1 aromatic heterocycles. The predicted octanol–water partition coefficient (Wildman–Crippen LogP) is 3.28. The van der Waals surface area contributed by atoms with E-state index < -0.39 is 0 Å². The predicted molar refractivity (Wildman–Crippen MR) is 64.7 cm³/mol. The normalized spacial score (nSPS) is 10.8. The lowest BCUT2D eigenvalue weighted by Crippen LogP contribution is -2.02. The summed E-state index contributed by atoms with van der Waals surface area (Å²) in [6.07, 6.45) is 7.58. The molecule has 0 atom stereocenters. The molecule has 0 aliphatic rings. The maximum atomic E-state index is 5.47. The molecular weight excluding hydrogens is 182 g/mol. The summed E-state index contributed by atoms with van der Waals surface area (Å²) in [6, 6.07) is 8.24. The zero-order valence-corrected chi connectivity index (χ0v) is 9.20. The van der Waals surface area contributed by atoms with Crippen LogP contribution in [0.25, 0.3) is 10.9 Å². The summed E-state index contributed by atoms with van der Waals surface area (Å²) in [5, 5.41) is 1.18. The first-order valence-electron chi connectivity index (χ1n) is 5.27. The second kappa shape index (κ2) is 3.82. The second-order valence-corrected chi connectivity index (χ2v) is 4.24. The molecule has 0 fully saturated rings. The molecular formula is C14H15N. The third kappa shape index (κ3) is 1.76. The molecule has 1 heteroatoms. The summed E-state index contributed by atoms with van der Waals surface area (Å²) in [5.74, 6) is 3.37. The van der Waals surface area contributed by atoms with Crippen molar-refractivity contribution in [2.45, 2.75) is 20.4 Å². The van der Waals surface area contributed by atoms with Gasteiger partial charge in [-0.1, -0.05) is 25.8 Å². The van der Waals surface area contributed by atoms with Gasteiger partial charge in [-0.2, -0.15) is 0 Å². The highest BCUT2D eigenvalue weighted by Crippen LogP contribution is 2.20. The Labute approximate surface area is 90.7 Å². The van der Waals surface area contributed by atoms with Crippen molar-refractivity contribution in [1.82, 2.24) is 4.57 Å². The lowest BCUT2D eigenvalue weighted by molar-refractivity contribution is 0.535. The van der Waals surface area contributed by atoms with Crippen LogP contribution in [0.1, 0.15) is 19.4 Å². The quantitative estimate of drug-likeness (QED) is 0.651. The first-order valence-corrected chi connectivity index (χ1v) is 5.27. The van der Waals surface area contributed by atoms with Gasteiger partial charge in [-0.15, -0.1) is 6.42 Å². The van der Waals surface area contributed by atoms with Crippen molar-refractivity contribution in [1.29, 1.82) is 0 Å². The molecule has 1 nitrogen and oxygen atoms in total. The van der Waals surface area contributed by atoms with Crippen molar-refractivity contribution in [2.75, 3.05) is 0 Å². The van der Waals surface area contributed by atoms with Gasteiger partial charge in [0.2, 0.25) is 0 Å². The van der Waals surface area contributed by atoms with E-state index in [1.54, 1.807) is 0 Å². The van der Waals surface area contributed by atoms with Gasteiger partial charge in [0.25, 0.3) is 0 Å². The van der Waals surface area contributed by atoms with E-state index >= 15 is 0 Å². The fraction of sp³-hybridized carbons (Fsp3) is 0.286. The monoisotopic (exact) mass is 197 g/mol. The van der Waals surface area contributed by atoms with Gasteiger partial charge in [-0.3, -0.25) is 0 Å². The molecule has 0 spiro atoms. The van der Waals surface area contributed by atoms with E-state index in [9.17, 15) is 0 Å². The molecule has 15 heavy (non-hydrogen) atoms. The van der Waals surface area contributed by atoms with Crippen LogP contribution in [-0.4, -0.2) is 4.57 Å². The molecule has 1 aromatic carbocycles. The lowest BCUT2D eigenvalue weighted by Gasteiger charge is -2.08. The first-order chi connectivity index (χ1) is 7.22. The maximum absolute atomic E-state index is 5.47. The van der Waals surface area contributed by atoms with Crippen molar-refractivity contribution in [3.05, 3.63) is 36.0 Å². The second-order valence-electron chi connectivity index (χ2n) is 4.24. The van der Waals surface area contributed by atoms with Crippen LogP contribution >= 0.6 is 0 Å².